The number of benzene rings is 1. The molecule has 3 aliphatic rings. The van der Waals surface area contributed by atoms with Crippen molar-refractivity contribution in [1.82, 2.24) is 25.2 Å². The number of amides is 2. The number of aromatic nitrogens is 3. The van der Waals surface area contributed by atoms with Gasteiger partial charge in [0.2, 0.25) is 5.91 Å². The van der Waals surface area contributed by atoms with Crippen LogP contribution in [0.4, 0.5) is 18.0 Å². The summed E-state index contributed by atoms with van der Waals surface area (Å²) in [6.07, 6.45) is -0.297. The fourth-order valence-electron chi connectivity index (χ4n) is 5.30. The van der Waals surface area contributed by atoms with Gasteiger partial charge in [-0.3, -0.25) is 4.79 Å². The first-order chi connectivity index (χ1) is 17.1. The highest BCUT2D eigenvalue weighted by atomic mass is 19.3. The van der Waals surface area contributed by atoms with Crippen LogP contribution in [0.5, 0.6) is 5.75 Å². The Morgan fingerprint density at radius 2 is 1.89 bits per heavy atom. The molecule has 2 saturated heterocycles. The van der Waals surface area contributed by atoms with Gasteiger partial charge in [0.1, 0.15) is 18.2 Å². The van der Waals surface area contributed by atoms with Gasteiger partial charge in [-0.1, -0.05) is 0 Å². The zero-order valence-electron chi connectivity index (χ0n) is 19.9. The Bertz CT molecular complexity index is 1140. The molecule has 1 aliphatic carbocycles. The summed E-state index contributed by atoms with van der Waals surface area (Å²) < 4.78 is 49.6. The Kier molecular flexibility index (Phi) is 6.29. The largest absolute Gasteiger partial charge is 0.444 e. The number of ether oxygens (including phenoxy) is 2. The Labute approximate surface area is 205 Å². The molecule has 36 heavy (non-hydrogen) atoms. The third kappa shape index (κ3) is 5.12. The van der Waals surface area contributed by atoms with E-state index in [4.69, 9.17) is 4.74 Å². The van der Waals surface area contributed by atoms with Crippen LogP contribution in [0, 0.1) is 17.2 Å². The van der Waals surface area contributed by atoms with Gasteiger partial charge in [-0.05, 0) is 37.8 Å². The van der Waals surface area contributed by atoms with Crippen LogP contribution in [0.25, 0.3) is 0 Å². The fraction of sp³-hybridized carbons (Fsp3) is 0.583. The van der Waals surface area contributed by atoms with Crippen LogP contribution < -0.4 is 4.74 Å². The summed E-state index contributed by atoms with van der Waals surface area (Å²) in [6, 6.07) is 3.30. The van der Waals surface area contributed by atoms with Crippen molar-refractivity contribution in [2.45, 2.75) is 51.7 Å². The first-order valence-electron chi connectivity index (χ1n) is 12.1. The summed E-state index contributed by atoms with van der Waals surface area (Å²) in [7, 11) is 0. The van der Waals surface area contributed by atoms with Crippen molar-refractivity contribution in [2.24, 2.45) is 11.3 Å². The lowest BCUT2D eigenvalue weighted by Crippen LogP contribution is -2.63. The molecule has 194 valence electrons. The van der Waals surface area contributed by atoms with E-state index >= 15 is 0 Å². The van der Waals surface area contributed by atoms with Gasteiger partial charge in [-0.2, -0.15) is 24.2 Å². The number of nitrogens with one attached hydrogen (secondary N) is 1. The van der Waals surface area contributed by atoms with Gasteiger partial charge in [0.05, 0.1) is 11.4 Å². The van der Waals surface area contributed by atoms with E-state index in [1.54, 1.807) is 4.90 Å². The van der Waals surface area contributed by atoms with Gasteiger partial charge in [-0.25, -0.2) is 9.18 Å². The first kappa shape index (κ1) is 24.4. The SMILES string of the molecule is CC(F)(F)Oc1ccc(COC(=O)N2CCC3(CC2)CN(C(=O)[C@@H]2CCc4n[nH]nc4C2)C3)c(F)c1. The van der Waals surface area contributed by atoms with Crippen LogP contribution in [0.1, 0.15) is 43.1 Å². The van der Waals surface area contributed by atoms with Crippen molar-refractivity contribution in [3.05, 3.63) is 41.0 Å². The highest BCUT2D eigenvalue weighted by molar-refractivity contribution is 5.80. The zero-order valence-corrected chi connectivity index (χ0v) is 19.9. The molecule has 2 aliphatic heterocycles. The lowest BCUT2D eigenvalue weighted by atomic mass is 9.71. The minimum atomic E-state index is -3.42. The number of hydrogen-bond donors (Lipinski definition) is 1. The predicted octanol–water partition coefficient (Wildman–Crippen LogP) is 3.30. The number of fused-ring (bicyclic) bond motifs is 1. The molecule has 1 aromatic heterocycles. The van der Waals surface area contributed by atoms with Crippen molar-refractivity contribution in [1.29, 1.82) is 0 Å². The summed E-state index contributed by atoms with van der Waals surface area (Å²) in [5, 5.41) is 10.9. The summed E-state index contributed by atoms with van der Waals surface area (Å²) >= 11 is 0. The van der Waals surface area contributed by atoms with Crippen LogP contribution in [-0.2, 0) is 29.0 Å². The Morgan fingerprint density at radius 3 is 2.58 bits per heavy atom. The number of piperidine rings is 1. The molecule has 0 bridgehead atoms. The average Bonchev–Trinajstić information content (AvgIpc) is 3.28. The van der Waals surface area contributed by atoms with Gasteiger partial charge < -0.3 is 19.3 Å². The van der Waals surface area contributed by atoms with E-state index in [-0.39, 0.29) is 35.2 Å². The van der Waals surface area contributed by atoms with E-state index in [2.05, 4.69) is 20.1 Å². The lowest BCUT2D eigenvalue weighted by Gasteiger charge is -2.54. The minimum Gasteiger partial charge on any atom is -0.444 e. The molecule has 0 unspecified atom stereocenters. The van der Waals surface area contributed by atoms with Gasteiger partial charge >= 0.3 is 12.2 Å². The molecular formula is C24H28F3N5O4. The topological polar surface area (TPSA) is 101 Å². The molecule has 3 heterocycles. The molecule has 0 radical (unpaired) electrons. The number of rotatable bonds is 5. The molecule has 12 heteroatoms. The molecule has 1 atom stereocenters. The summed E-state index contributed by atoms with van der Waals surface area (Å²) in [6.45, 7) is 2.61. The van der Waals surface area contributed by atoms with E-state index in [9.17, 15) is 22.8 Å². The maximum absolute atomic E-state index is 14.2. The minimum absolute atomic E-state index is 0.0173. The molecular weight excluding hydrogens is 479 g/mol. The monoisotopic (exact) mass is 507 g/mol. The normalized spacial score (nSPS) is 21.1. The average molecular weight is 508 g/mol. The molecule has 1 N–H and O–H groups in total. The van der Waals surface area contributed by atoms with E-state index in [0.29, 0.717) is 39.5 Å². The number of carbonyl (C=O) groups is 2. The van der Waals surface area contributed by atoms with Crippen LogP contribution in [0.15, 0.2) is 18.2 Å². The third-order valence-electron chi connectivity index (χ3n) is 7.34. The van der Waals surface area contributed by atoms with Gasteiger partial charge in [0.25, 0.3) is 0 Å². The lowest BCUT2D eigenvalue weighted by molar-refractivity contribution is -0.159. The van der Waals surface area contributed by atoms with Gasteiger partial charge in [0.15, 0.2) is 0 Å². The maximum Gasteiger partial charge on any atom is 0.410 e. The van der Waals surface area contributed by atoms with Gasteiger partial charge in [-0.15, -0.1) is 0 Å². The van der Waals surface area contributed by atoms with E-state index in [1.165, 1.54) is 12.1 Å². The summed E-state index contributed by atoms with van der Waals surface area (Å²) in [4.78, 5) is 28.9. The van der Waals surface area contributed by atoms with E-state index in [0.717, 1.165) is 43.1 Å². The number of aromatic amines is 1. The zero-order chi connectivity index (χ0) is 25.5. The predicted molar refractivity (Wildman–Crippen MR) is 120 cm³/mol. The second kappa shape index (κ2) is 9.29. The van der Waals surface area contributed by atoms with Crippen LogP contribution in [0.3, 0.4) is 0 Å². The standard InChI is InChI=1S/C24H28F3N5O4/c1-23(26,27)36-17-4-2-16(18(25)11-17)12-35-22(34)31-8-6-24(7-9-31)13-32(14-24)21(33)15-3-5-19-20(10-15)29-30-28-19/h2,4,11,15H,3,5-10,12-14H2,1H3,(H,28,29,30)/t15-/m1/s1. The number of aryl methyl sites for hydroxylation is 1. The number of H-pyrrole nitrogens is 1. The van der Waals surface area contributed by atoms with Crippen molar-refractivity contribution in [3.63, 3.8) is 0 Å². The van der Waals surface area contributed by atoms with Crippen LogP contribution >= 0.6 is 0 Å². The number of hydrogen-bond acceptors (Lipinski definition) is 6. The summed E-state index contributed by atoms with van der Waals surface area (Å²) in [5.41, 5.74) is 1.92. The number of likely N-dealkylation sites (tertiary alicyclic amines) is 2. The van der Waals surface area contributed by atoms with E-state index in [1.807, 2.05) is 4.90 Å². The number of halogens is 3. The first-order valence-corrected chi connectivity index (χ1v) is 12.1. The number of nitrogens with zero attached hydrogens (tertiary/aromatic N) is 4. The van der Waals surface area contributed by atoms with Gasteiger partial charge in [0, 0.05) is 62.5 Å². The number of carbonyl (C=O) groups excluding carboxylic acids is 2. The van der Waals surface area contributed by atoms with Crippen molar-refractivity contribution in [3.8, 4) is 5.75 Å². The molecule has 1 spiro atoms. The smallest absolute Gasteiger partial charge is 0.410 e. The maximum atomic E-state index is 14.2. The molecule has 9 nitrogen and oxygen atoms in total. The Balaban J connectivity index is 1.06. The van der Waals surface area contributed by atoms with E-state index < -0.39 is 18.0 Å². The van der Waals surface area contributed by atoms with Crippen LogP contribution in [0.2, 0.25) is 0 Å². The van der Waals surface area contributed by atoms with Crippen molar-refractivity contribution >= 4 is 12.0 Å². The fourth-order valence-corrected chi connectivity index (χ4v) is 5.30. The third-order valence-corrected chi connectivity index (χ3v) is 7.34. The molecule has 2 amide bonds. The summed E-state index contributed by atoms with van der Waals surface area (Å²) in [5.74, 6) is -0.998. The quantitative estimate of drug-likeness (QED) is 0.667. The molecule has 1 aromatic carbocycles. The Hall–Kier alpha value is -3.31. The molecule has 2 fully saturated rings. The second-order valence-electron chi connectivity index (χ2n) is 10.1. The van der Waals surface area contributed by atoms with Crippen LogP contribution in [-0.4, -0.2) is 69.5 Å². The highest BCUT2D eigenvalue weighted by Gasteiger charge is 2.48. The molecule has 2 aromatic rings. The molecule has 0 saturated carbocycles. The number of alkyl halides is 2. The Morgan fingerprint density at radius 1 is 1.17 bits per heavy atom. The van der Waals surface area contributed by atoms with Crippen molar-refractivity contribution in [2.75, 3.05) is 26.2 Å². The highest BCUT2D eigenvalue weighted by Crippen LogP contribution is 2.42. The second-order valence-corrected chi connectivity index (χ2v) is 10.1. The van der Waals surface area contributed by atoms with Crippen molar-refractivity contribution < 1.29 is 32.2 Å². The molecule has 5 rings (SSSR count).